The first-order valence-electron chi connectivity index (χ1n) is 7.64. The normalized spacial score (nSPS) is 17.0. The highest BCUT2D eigenvalue weighted by Crippen LogP contribution is 2.20. The van der Waals surface area contributed by atoms with Gasteiger partial charge in [-0.2, -0.15) is 0 Å². The van der Waals surface area contributed by atoms with Gasteiger partial charge in [0.15, 0.2) is 0 Å². The number of carbonyl (C=O) groups is 1. The number of hydrogen-bond donors (Lipinski definition) is 0. The number of hydrogen-bond acceptors (Lipinski definition) is 4. The van der Waals surface area contributed by atoms with Gasteiger partial charge in [-0.3, -0.25) is 4.90 Å². The molecule has 1 aromatic carbocycles. The molecule has 2 heterocycles. The molecule has 0 radical (unpaired) electrons. The maximum absolute atomic E-state index is 12.1. The molecule has 0 bridgehead atoms. The quantitative estimate of drug-likeness (QED) is 0.768. The van der Waals surface area contributed by atoms with E-state index in [1.807, 2.05) is 31.2 Å². The Kier molecular flexibility index (Phi) is 5.86. The van der Waals surface area contributed by atoms with Crippen LogP contribution < -0.4 is 12.4 Å². The van der Waals surface area contributed by atoms with E-state index in [-0.39, 0.29) is 30.2 Å². The maximum atomic E-state index is 12.1. The number of benzene rings is 1. The number of rotatable bonds is 4. The summed E-state index contributed by atoms with van der Waals surface area (Å²) in [6, 6.07) is 9.33. The number of furan rings is 1. The Morgan fingerprint density at radius 1 is 1.27 bits per heavy atom. The smallest absolute Gasteiger partial charge is 0.374 e. The molecule has 4 nitrogen and oxygen atoms in total. The second kappa shape index (κ2) is 7.65. The van der Waals surface area contributed by atoms with Crippen molar-refractivity contribution in [2.45, 2.75) is 32.3 Å². The fourth-order valence-corrected chi connectivity index (χ4v) is 2.87. The van der Waals surface area contributed by atoms with Gasteiger partial charge in [-0.1, -0.05) is 24.6 Å². The molecule has 5 heteroatoms. The molecule has 1 unspecified atom stereocenters. The van der Waals surface area contributed by atoms with Crippen molar-refractivity contribution in [3.05, 3.63) is 36.1 Å². The predicted molar refractivity (Wildman–Crippen MR) is 81.4 cm³/mol. The number of likely N-dealkylation sites (tertiary alicyclic amines) is 1. The average molecular weight is 323 g/mol. The largest absolute Gasteiger partial charge is 1.00 e. The molecule has 1 atom stereocenters. The highest BCUT2D eigenvalue weighted by Gasteiger charge is 2.19. The summed E-state index contributed by atoms with van der Waals surface area (Å²) >= 11 is 0. The van der Waals surface area contributed by atoms with Gasteiger partial charge in [-0.15, -0.1) is 0 Å². The van der Waals surface area contributed by atoms with Crippen LogP contribution in [0.2, 0.25) is 0 Å². The summed E-state index contributed by atoms with van der Waals surface area (Å²) in [5, 5.41) is 0.924. The van der Waals surface area contributed by atoms with Gasteiger partial charge in [0.2, 0.25) is 5.76 Å². The van der Waals surface area contributed by atoms with Crippen molar-refractivity contribution in [2.24, 2.45) is 0 Å². The zero-order valence-corrected chi connectivity index (χ0v) is 13.5. The van der Waals surface area contributed by atoms with E-state index in [2.05, 4.69) is 4.90 Å². The SMILES string of the molecule is CC(CN1CCCCC1)OC(=O)c1cc2ccccc2o1.[Cl-]. The molecule has 120 valence electrons. The van der Waals surface area contributed by atoms with Crippen LogP contribution in [0.3, 0.4) is 0 Å². The van der Waals surface area contributed by atoms with Crippen LogP contribution in [0.1, 0.15) is 36.7 Å². The number of esters is 1. The highest BCUT2D eigenvalue weighted by atomic mass is 35.5. The van der Waals surface area contributed by atoms with Gasteiger partial charge < -0.3 is 21.6 Å². The van der Waals surface area contributed by atoms with Gasteiger partial charge in [-0.25, -0.2) is 4.79 Å². The number of nitrogens with zero attached hydrogens (tertiary/aromatic N) is 1. The van der Waals surface area contributed by atoms with Gasteiger partial charge in [-0.05, 0) is 45.0 Å². The van der Waals surface area contributed by atoms with Crippen LogP contribution in [-0.4, -0.2) is 36.6 Å². The molecule has 0 N–H and O–H groups in total. The standard InChI is InChI=1S/C17H21NO3.ClH/c1-13(12-18-9-5-2-6-10-18)20-17(19)16-11-14-7-3-4-8-15(14)21-16;/h3-4,7-8,11,13H,2,5-6,9-10,12H2,1H3;1H/p-1. The third-order valence-electron chi connectivity index (χ3n) is 3.90. The lowest BCUT2D eigenvalue weighted by atomic mass is 10.1. The molecule has 1 fully saturated rings. The fourth-order valence-electron chi connectivity index (χ4n) is 2.87. The van der Waals surface area contributed by atoms with Gasteiger partial charge in [0.05, 0.1) is 0 Å². The van der Waals surface area contributed by atoms with Crippen molar-refractivity contribution < 1.29 is 26.4 Å². The van der Waals surface area contributed by atoms with E-state index in [1.165, 1.54) is 19.3 Å². The number of carbonyl (C=O) groups excluding carboxylic acids is 1. The molecule has 22 heavy (non-hydrogen) atoms. The number of halogens is 1. The first kappa shape index (κ1) is 16.8. The predicted octanol–water partition coefficient (Wildman–Crippen LogP) is 0.468. The van der Waals surface area contributed by atoms with Gasteiger partial charge in [0, 0.05) is 11.9 Å². The molecule has 1 aliphatic rings. The highest BCUT2D eigenvalue weighted by molar-refractivity contribution is 5.92. The van der Waals surface area contributed by atoms with Crippen LogP contribution in [0, 0.1) is 0 Å². The Bertz CT molecular complexity index is 586. The van der Waals surface area contributed by atoms with Crippen molar-refractivity contribution in [3.8, 4) is 0 Å². The zero-order chi connectivity index (χ0) is 14.7. The van der Waals surface area contributed by atoms with Gasteiger partial charge in [0.1, 0.15) is 11.7 Å². The molecular formula is C17H21ClNO3-. The molecule has 3 rings (SSSR count). The summed E-state index contributed by atoms with van der Waals surface area (Å²) < 4.78 is 11.0. The Hall–Kier alpha value is -1.52. The Morgan fingerprint density at radius 2 is 2.00 bits per heavy atom. The number of fused-ring (bicyclic) bond motifs is 1. The van der Waals surface area contributed by atoms with E-state index in [0.717, 1.165) is 25.0 Å². The van der Waals surface area contributed by atoms with E-state index in [4.69, 9.17) is 9.15 Å². The Labute approximate surface area is 136 Å². The van der Waals surface area contributed by atoms with Crippen LogP contribution in [0.15, 0.2) is 34.7 Å². The fraction of sp³-hybridized carbons (Fsp3) is 0.471. The van der Waals surface area contributed by atoms with E-state index in [9.17, 15) is 4.79 Å². The van der Waals surface area contributed by atoms with E-state index in [1.54, 1.807) is 6.07 Å². The summed E-state index contributed by atoms with van der Waals surface area (Å²) in [6.45, 7) is 4.94. The molecule has 0 saturated carbocycles. The topological polar surface area (TPSA) is 42.7 Å². The molecule has 2 aromatic rings. The molecular weight excluding hydrogens is 302 g/mol. The molecule has 1 aromatic heterocycles. The molecule has 0 amide bonds. The second-order valence-electron chi connectivity index (χ2n) is 5.73. The zero-order valence-electron chi connectivity index (χ0n) is 12.8. The van der Waals surface area contributed by atoms with Crippen LogP contribution >= 0.6 is 0 Å². The van der Waals surface area contributed by atoms with Gasteiger partial charge in [0.25, 0.3) is 0 Å². The lowest BCUT2D eigenvalue weighted by molar-refractivity contribution is -0.0000462. The summed E-state index contributed by atoms with van der Waals surface area (Å²) in [6.07, 6.45) is 3.67. The van der Waals surface area contributed by atoms with Crippen LogP contribution in [-0.2, 0) is 4.74 Å². The van der Waals surface area contributed by atoms with E-state index in [0.29, 0.717) is 5.58 Å². The monoisotopic (exact) mass is 322 g/mol. The lowest BCUT2D eigenvalue weighted by Gasteiger charge is -2.28. The van der Waals surface area contributed by atoms with E-state index < -0.39 is 0 Å². The molecule has 0 spiro atoms. The summed E-state index contributed by atoms with van der Waals surface area (Å²) in [5.41, 5.74) is 0.716. The first-order chi connectivity index (χ1) is 10.2. The molecule has 1 aliphatic heterocycles. The number of piperidine rings is 1. The Balaban J connectivity index is 0.00000176. The molecule has 1 saturated heterocycles. The van der Waals surface area contributed by atoms with Crippen molar-refractivity contribution >= 4 is 16.9 Å². The summed E-state index contributed by atoms with van der Waals surface area (Å²) in [7, 11) is 0. The Morgan fingerprint density at radius 3 is 2.73 bits per heavy atom. The van der Waals surface area contributed by atoms with Crippen LogP contribution in [0.4, 0.5) is 0 Å². The minimum Gasteiger partial charge on any atom is -1.00 e. The van der Waals surface area contributed by atoms with E-state index >= 15 is 0 Å². The second-order valence-corrected chi connectivity index (χ2v) is 5.73. The maximum Gasteiger partial charge on any atom is 0.374 e. The summed E-state index contributed by atoms with van der Waals surface area (Å²) in [5.74, 6) is -0.0996. The minimum atomic E-state index is -0.379. The summed E-state index contributed by atoms with van der Waals surface area (Å²) in [4.78, 5) is 14.5. The average Bonchev–Trinajstić information content (AvgIpc) is 2.92. The minimum absolute atomic E-state index is 0. The van der Waals surface area contributed by atoms with Crippen molar-refractivity contribution in [2.75, 3.05) is 19.6 Å². The third kappa shape index (κ3) is 4.02. The molecule has 0 aliphatic carbocycles. The number of para-hydroxylation sites is 1. The van der Waals surface area contributed by atoms with Crippen molar-refractivity contribution in [1.29, 1.82) is 0 Å². The first-order valence-corrected chi connectivity index (χ1v) is 7.64. The van der Waals surface area contributed by atoms with Crippen LogP contribution in [0.25, 0.3) is 11.0 Å². The third-order valence-corrected chi connectivity index (χ3v) is 3.90. The van der Waals surface area contributed by atoms with Crippen molar-refractivity contribution in [1.82, 2.24) is 4.90 Å². The lowest BCUT2D eigenvalue weighted by Crippen LogP contribution is -3.00. The van der Waals surface area contributed by atoms with Crippen LogP contribution in [0.5, 0.6) is 0 Å². The van der Waals surface area contributed by atoms with Gasteiger partial charge >= 0.3 is 5.97 Å². The van der Waals surface area contributed by atoms with Crippen molar-refractivity contribution in [3.63, 3.8) is 0 Å². The number of ether oxygens (including phenoxy) is 1.